The molecule has 0 spiro atoms. The fourth-order valence-corrected chi connectivity index (χ4v) is 1.29. The Morgan fingerprint density at radius 1 is 1.67 bits per heavy atom. The van der Waals surface area contributed by atoms with E-state index in [0.717, 1.165) is 13.0 Å². The van der Waals surface area contributed by atoms with Gasteiger partial charge >= 0.3 is 5.97 Å². The number of hydrogen-bond donors (Lipinski definition) is 1. The zero-order valence-electron chi connectivity index (χ0n) is 9.14. The van der Waals surface area contributed by atoms with Crippen LogP contribution >= 0.6 is 0 Å². The number of hydrogen-bond acceptors (Lipinski definition) is 4. The van der Waals surface area contributed by atoms with Crippen LogP contribution in [0.4, 0.5) is 0 Å². The van der Waals surface area contributed by atoms with E-state index in [1.54, 1.807) is 12.5 Å². The van der Waals surface area contributed by atoms with E-state index in [9.17, 15) is 4.79 Å². The molecule has 1 atom stereocenters. The molecule has 1 N–H and O–H groups in total. The molecule has 1 heterocycles. The highest BCUT2D eigenvalue weighted by atomic mass is 16.5. The molecule has 1 unspecified atom stereocenters. The molecule has 1 rings (SSSR count). The highest BCUT2D eigenvalue weighted by molar-refractivity contribution is 5.75. The lowest BCUT2D eigenvalue weighted by molar-refractivity contribution is -0.143. The van der Waals surface area contributed by atoms with Crippen molar-refractivity contribution in [3.05, 3.63) is 18.7 Å². The first-order valence-electron chi connectivity index (χ1n) is 5.05. The Morgan fingerprint density at radius 2 is 2.47 bits per heavy atom. The molecular formula is C10H17N3O2. The smallest absolute Gasteiger partial charge is 0.324 e. The monoisotopic (exact) mass is 211 g/mol. The first-order chi connectivity index (χ1) is 7.27. The number of methoxy groups -OCH3 is 1. The zero-order chi connectivity index (χ0) is 11.1. The number of rotatable bonds is 6. The van der Waals surface area contributed by atoms with E-state index in [2.05, 4.69) is 17.2 Å². The molecule has 5 heteroatoms. The van der Waals surface area contributed by atoms with Gasteiger partial charge in [0.25, 0.3) is 0 Å². The molecule has 0 saturated carbocycles. The van der Waals surface area contributed by atoms with Gasteiger partial charge in [0.2, 0.25) is 0 Å². The van der Waals surface area contributed by atoms with Gasteiger partial charge in [0.15, 0.2) is 0 Å². The summed E-state index contributed by atoms with van der Waals surface area (Å²) >= 11 is 0. The van der Waals surface area contributed by atoms with Crippen LogP contribution in [0.2, 0.25) is 0 Å². The van der Waals surface area contributed by atoms with Gasteiger partial charge in [-0.1, -0.05) is 6.92 Å². The van der Waals surface area contributed by atoms with Gasteiger partial charge in [-0.25, -0.2) is 4.98 Å². The molecule has 0 radical (unpaired) electrons. The molecule has 0 bridgehead atoms. The normalized spacial score (nSPS) is 12.4. The topological polar surface area (TPSA) is 56.2 Å². The largest absolute Gasteiger partial charge is 0.468 e. The predicted molar refractivity (Wildman–Crippen MR) is 56.3 cm³/mol. The number of carbonyl (C=O) groups excluding carboxylic acids is 1. The van der Waals surface area contributed by atoms with Crippen LogP contribution in [0.1, 0.15) is 13.3 Å². The maximum atomic E-state index is 11.4. The number of nitrogens with zero attached hydrogens (tertiary/aromatic N) is 2. The average Bonchev–Trinajstić information content (AvgIpc) is 2.75. The summed E-state index contributed by atoms with van der Waals surface area (Å²) in [4.78, 5) is 15.3. The van der Waals surface area contributed by atoms with E-state index in [1.165, 1.54) is 7.11 Å². The lowest BCUT2D eigenvalue weighted by Crippen LogP contribution is -2.41. The molecule has 0 aliphatic heterocycles. The van der Waals surface area contributed by atoms with E-state index in [-0.39, 0.29) is 12.0 Å². The molecule has 1 aromatic heterocycles. The third-order valence-electron chi connectivity index (χ3n) is 2.08. The quantitative estimate of drug-likeness (QED) is 0.693. The Balaban J connectivity index is 2.52. The summed E-state index contributed by atoms with van der Waals surface area (Å²) in [6.07, 6.45) is 6.18. The van der Waals surface area contributed by atoms with Crippen molar-refractivity contribution < 1.29 is 9.53 Å². The maximum absolute atomic E-state index is 11.4. The van der Waals surface area contributed by atoms with Crippen molar-refractivity contribution in [1.82, 2.24) is 14.9 Å². The van der Waals surface area contributed by atoms with Gasteiger partial charge in [-0.05, 0) is 13.0 Å². The average molecular weight is 211 g/mol. The summed E-state index contributed by atoms with van der Waals surface area (Å²) in [5.74, 6) is -0.239. The predicted octanol–water partition coefficient (Wildman–Crippen LogP) is 0.424. The first-order valence-corrected chi connectivity index (χ1v) is 5.05. The lowest BCUT2D eigenvalue weighted by Gasteiger charge is -2.16. The summed E-state index contributed by atoms with van der Waals surface area (Å²) in [6.45, 7) is 3.40. The second-order valence-electron chi connectivity index (χ2n) is 3.29. The number of aromatic nitrogens is 2. The Labute approximate surface area is 89.4 Å². The third kappa shape index (κ3) is 3.71. The molecule has 84 valence electrons. The van der Waals surface area contributed by atoms with Crippen molar-refractivity contribution in [1.29, 1.82) is 0 Å². The highest BCUT2D eigenvalue weighted by Crippen LogP contribution is 1.95. The van der Waals surface area contributed by atoms with E-state index >= 15 is 0 Å². The van der Waals surface area contributed by atoms with Gasteiger partial charge in [0.1, 0.15) is 6.04 Å². The Morgan fingerprint density at radius 3 is 3.00 bits per heavy atom. The van der Waals surface area contributed by atoms with E-state index in [4.69, 9.17) is 4.74 Å². The second-order valence-corrected chi connectivity index (χ2v) is 3.29. The minimum atomic E-state index is -0.302. The van der Waals surface area contributed by atoms with Crippen molar-refractivity contribution in [3.8, 4) is 0 Å². The number of nitrogens with one attached hydrogen (secondary N) is 1. The first kappa shape index (κ1) is 11.7. The third-order valence-corrected chi connectivity index (χ3v) is 2.08. The molecule has 15 heavy (non-hydrogen) atoms. The van der Waals surface area contributed by atoms with Crippen LogP contribution in [0.3, 0.4) is 0 Å². The van der Waals surface area contributed by atoms with E-state index in [1.807, 2.05) is 10.8 Å². The molecule has 0 aliphatic carbocycles. The van der Waals surface area contributed by atoms with Crippen LogP contribution in [0.25, 0.3) is 0 Å². The Kier molecular flexibility index (Phi) is 4.83. The SMILES string of the molecule is CCCNC(Cn1ccnc1)C(=O)OC. The van der Waals surface area contributed by atoms with Crippen LogP contribution in [-0.2, 0) is 16.1 Å². The summed E-state index contributed by atoms with van der Waals surface area (Å²) < 4.78 is 6.57. The minimum Gasteiger partial charge on any atom is -0.468 e. The Bertz CT molecular complexity index is 285. The van der Waals surface area contributed by atoms with Crippen molar-refractivity contribution in [2.45, 2.75) is 25.9 Å². The molecule has 0 amide bonds. The van der Waals surface area contributed by atoms with E-state index in [0.29, 0.717) is 6.54 Å². The second kappa shape index (κ2) is 6.19. The fraction of sp³-hybridized carbons (Fsp3) is 0.600. The molecule has 0 aromatic carbocycles. The van der Waals surface area contributed by atoms with Crippen LogP contribution < -0.4 is 5.32 Å². The van der Waals surface area contributed by atoms with Gasteiger partial charge in [0.05, 0.1) is 13.4 Å². The van der Waals surface area contributed by atoms with Gasteiger partial charge in [0, 0.05) is 18.9 Å². The van der Waals surface area contributed by atoms with Crippen molar-refractivity contribution in [2.75, 3.05) is 13.7 Å². The highest BCUT2D eigenvalue weighted by Gasteiger charge is 2.18. The van der Waals surface area contributed by atoms with Gasteiger partial charge in [-0.3, -0.25) is 4.79 Å². The van der Waals surface area contributed by atoms with Gasteiger partial charge < -0.3 is 14.6 Å². The zero-order valence-corrected chi connectivity index (χ0v) is 9.14. The van der Waals surface area contributed by atoms with Crippen LogP contribution in [0, 0.1) is 0 Å². The van der Waals surface area contributed by atoms with Crippen molar-refractivity contribution in [3.63, 3.8) is 0 Å². The molecular weight excluding hydrogens is 194 g/mol. The van der Waals surface area contributed by atoms with Crippen molar-refractivity contribution >= 4 is 5.97 Å². The molecule has 0 aliphatic rings. The number of carbonyl (C=O) groups is 1. The maximum Gasteiger partial charge on any atom is 0.324 e. The lowest BCUT2D eigenvalue weighted by atomic mass is 10.3. The number of ether oxygens (including phenoxy) is 1. The molecule has 1 aromatic rings. The van der Waals surface area contributed by atoms with Crippen LogP contribution in [0.5, 0.6) is 0 Å². The van der Waals surface area contributed by atoms with Gasteiger partial charge in [-0.15, -0.1) is 0 Å². The molecule has 0 fully saturated rings. The summed E-state index contributed by atoms with van der Waals surface area (Å²) in [7, 11) is 1.40. The summed E-state index contributed by atoms with van der Waals surface area (Å²) in [5, 5.41) is 3.14. The summed E-state index contributed by atoms with van der Waals surface area (Å²) in [5.41, 5.74) is 0. The van der Waals surface area contributed by atoms with E-state index < -0.39 is 0 Å². The summed E-state index contributed by atoms with van der Waals surface area (Å²) in [6, 6.07) is -0.302. The molecule has 0 saturated heterocycles. The Hall–Kier alpha value is -1.36. The van der Waals surface area contributed by atoms with Crippen LogP contribution in [0.15, 0.2) is 18.7 Å². The molecule has 5 nitrogen and oxygen atoms in total. The van der Waals surface area contributed by atoms with Gasteiger partial charge in [-0.2, -0.15) is 0 Å². The number of esters is 1. The standard InChI is InChI=1S/C10H17N3O2/c1-3-4-12-9(10(14)15-2)7-13-6-5-11-8-13/h5-6,8-9,12H,3-4,7H2,1-2H3. The number of imidazole rings is 1. The van der Waals surface area contributed by atoms with Crippen molar-refractivity contribution in [2.24, 2.45) is 0 Å². The fourth-order valence-electron chi connectivity index (χ4n) is 1.29. The minimum absolute atomic E-state index is 0.239. The van der Waals surface area contributed by atoms with Crippen LogP contribution in [-0.4, -0.2) is 35.2 Å².